The Kier molecular flexibility index (Phi) is 9.31. The number of halogens is 2. The van der Waals surface area contributed by atoms with Gasteiger partial charge in [-0.05, 0) is 25.5 Å². The standard InChI is InChI=1S/C8H10F2.C2H6/c1-4-6(3)8(10)7(9)5-2;1-2/h4-5H,2H2,1,3H3;1-2H3/b6-4-,8-7-;. The second-order valence-electron chi connectivity index (χ2n) is 1.84. The zero-order valence-corrected chi connectivity index (χ0v) is 8.12. The summed E-state index contributed by atoms with van der Waals surface area (Å²) in [6.45, 7) is 10.2. The first kappa shape index (κ1) is 13.7. The third kappa shape index (κ3) is 4.83. The van der Waals surface area contributed by atoms with Crippen LogP contribution >= 0.6 is 0 Å². The molecule has 0 fully saturated rings. The molecule has 0 amide bonds. The first-order chi connectivity index (χ1) is 5.63. The minimum Gasteiger partial charge on any atom is -0.204 e. The third-order valence-corrected chi connectivity index (χ3v) is 1.17. The maximum atomic E-state index is 12.6. The van der Waals surface area contributed by atoms with Gasteiger partial charge >= 0.3 is 0 Å². The zero-order chi connectivity index (χ0) is 10.1. The summed E-state index contributed by atoms with van der Waals surface area (Å²) >= 11 is 0. The molecule has 0 atom stereocenters. The molecule has 0 spiro atoms. The van der Waals surface area contributed by atoms with E-state index in [1.54, 1.807) is 6.92 Å². The summed E-state index contributed by atoms with van der Waals surface area (Å²) < 4.78 is 24.9. The van der Waals surface area contributed by atoms with Crippen LogP contribution in [-0.4, -0.2) is 0 Å². The molecule has 0 unspecified atom stereocenters. The highest BCUT2D eigenvalue weighted by Gasteiger charge is 2.02. The Bertz CT molecular complexity index is 188. The minimum absolute atomic E-state index is 0.289. The maximum Gasteiger partial charge on any atom is 0.161 e. The van der Waals surface area contributed by atoms with Gasteiger partial charge in [0, 0.05) is 0 Å². The molecule has 0 N–H and O–H groups in total. The van der Waals surface area contributed by atoms with Crippen molar-refractivity contribution in [2.45, 2.75) is 27.7 Å². The third-order valence-electron chi connectivity index (χ3n) is 1.17. The molecule has 0 nitrogen and oxygen atoms in total. The summed E-state index contributed by atoms with van der Waals surface area (Å²) in [6, 6.07) is 0. The van der Waals surface area contributed by atoms with Crippen LogP contribution in [0.1, 0.15) is 27.7 Å². The molecule has 0 heterocycles. The Morgan fingerprint density at radius 1 is 1.25 bits per heavy atom. The van der Waals surface area contributed by atoms with E-state index in [-0.39, 0.29) is 5.57 Å². The molecule has 2 heteroatoms. The summed E-state index contributed by atoms with van der Waals surface area (Å²) in [5, 5.41) is 0. The average Bonchev–Trinajstić information content (AvgIpc) is 2.17. The van der Waals surface area contributed by atoms with Crippen LogP contribution in [0.4, 0.5) is 8.78 Å². The van der Waals surface area contributed by atoms with E-state index < -0.39 is 11.7 Å². The highest BCUT2D eigenvalue weighted by Crippen LogP contribution is 2.16. The monoisotopic (exact) mass is 174 g/mol. The van der Waals surface area contributed by atoms with Crippen LogP contribution in [0.2, 0.25) is 0 Å². The first-order valence-corrected chi connectivity index (χ1v) is 3.94. The van der Waals surface area contributed by atoms with E-state index in [0.29, 0.717) is 0 Å². The number of hydrogen-bond donors (Lipinski definition) is 0. The summed E-state index contributed by atoms with van der Waals surface area (Å²) in [6.07, 6.45) is 2.35. The van der Waals surface area contributed by atoms with Crippen LogP contribution in [0.3, 0.4) is 0 Å². The molecule has 0 aliphatic carbocycles. The number of hydrogen-bond acceptors (Lipinski definition) is 0. The van der Waals surface area contributed by atoms with Crippen molar-refractivity contribution >= 4 is 0 Å². The van der Waals surface area contributed by atoms with E-state index in [1.807, 2.05) is 13.8 Å². The van der Waals surface area contributed by atoms with Crippen LogP contribution in [0.5, 0.6) is 0 Å². The second-order valence-corrected chi connectivity index (χ2v) is 1.84. The normalized spacial score (nSPS) is 12.7. The summed E-state index contributed by atoms with van der Waals surface area (Å²) in [7, 11) is 0. The Labute approximate surface area is 73.3 Å². The van der Waals surface area contributed by atoms with Crippen LogP contribution in [-0.2, 0) is 0 Å². The summed E-state index contributed by atoms with van der Waals surface area (Å²) in [5.74, 6) is -1.74. The molecule has 0 aromatic heterocycles. The maximum absolute atomic E-state index is 12.6. The van der Waals surface area contributed by atoms with Gasteiger partial charge in [-0.25, -0.2) is 8.78 Å². The van der Waals surface area contributed by atoms with Crippen LogP contribution in [0.15, 0.2) is 36.0 Å². The lowest BCUT2D eigenvalue weighted by Crippen LogP contribution is -1.79. The van der Waals surface area contributed by atoms with Gasteiger partial charge in [-0.1, -0.05) is 26.5 Å². The Hall–Kier alpha value is -0.920. The van der Waals surface area contributed by atoms with E-state index in [2.05, 4.69) is 6.58 Å². The Morgan fingerprint density at radius 3 is 1.92 bits per heavy atom. The molecule has 0 aliphatic heterocycles. The minimum atomic E-state index is -0.907. The van der Waals surface area contributed by atoms with Gasteiger partial charge in [-0.2, -0.15) is 0 Å². The second kappa shape index (κ2) is 8.18. The fraction of sp³-hybridized carbons (Fsp3) is 0.400. The molecule has 0 aliphatic rings. The largest absolute Gasteiger partial charge is 0.204 e. The lowest BCUT2D eigenvalue weighted by Gasteiger charge is -1.94. The summed E-state index contributed by atoms with van der Waals surface area (Å²) in [4.78, 5) is 0. The SMILES string of the molecule is C=C/C(F)=C(F)\C(C)=C/C.CC. The molecule has 70 valence electrons. The quantitative estimate of drug-likeness (QED) is 0.547. The van der Waals surface area contributed by atoms with Gasteiger partial charge in [0.1, 0.15) is 0 Å². The molecule has 0 saturated heterocycles. The molecule has 0 saturated carbocycles. The molecule has 0 bridgehead atoms. The topological polar surface area (TPSA) is 0 Å². The number of allylic oxidation sites excluding steroid dienone is 5. The zero-order valence-electron chi connectivity index (χ0n) is 8.12. The summed E-state index contributed by atoms with van der Waals surface area (Å²) in [5.41, 5.74) is 0.289. The van der Waals surface area contributed by atoms with E-state index >= 15 is 0 Å². The van der Waals surface area contributed by atoms with Crippen molar-refractivity contribution in [1.29, 1.82) is 0 Å². The van der Waals surface area contributed by atoms with Gasteiger partial charge in [0.15, 0.2) is 11.7 Å². The van der Waals surface area contributed by atoms with E-state index in [9.17, 15) is 8.78 Å². The molecular formula is C10H16F2. The van der Waals surface area contributed by atoms with Crippen LogP contribution in [0.25, 0.3) is 0 Å². The van der Waals surface area contributed by atoms with Gasteiger partial charge < -0.3 is 0 Å². The van der Waals surface area contributed by atoms with E-state index in [4.69, 9.17) is 0 Å². The Morgan fingerprint density at radius 2 is 1.67 bits per heavy atom. The fourth-order valence-electron chi connectivity index (χ4n) is 0.405. The number of rotatable bonds is 2. The van der Waals surface area contributed by atoms with Crippen LogP contribution in [0, 0.1) is 0 Å². The van der Waals surface area contributed by atoms with Crippen molar-refractivity contribution in [2.75, 3.05) is 0 Å². The van der Waals surface area contributed by atoms with Crippen molar-refractivity contribution in [1.82, 2.24) is 0 Å². The molecule has 0 aromatic carbocycles. The smallest absolute Gasteiger partial charge is 0.161 e. The van der Waals surface area contributed by atoms with Crippen molar-refractivity contribution in [3.05, 3.63) is 36.0 Å². The first-order valence-electron chi connectivity index (χ1n) is 3.94. The highest BCUT2D eigenvalue weighted by molar-refractivity contribution is 5.29. The van der Waals surface area contributed by atoms with Gasteiger partial charge in [-0.15, -0.1) is 0 Å². The van der Waals surface area contributed by atoms with Gasteiger partial charge in [0.05, 0.1) is 0 Å². The molecular weight excluding hydrogens is 158 g/mol. The predicted octanol–water partition coefficient (Wildman–Crippen LogP) is 4.32. The van der Waals surface area contributed by atoms with Gasteiger partial charge in [0.25, 0.3) is 0 Å². The van der Waals surface area contributed by atoms with Crippen LogP contribution < -0.4 is 0 Å². The van der Waals surface area contributed by atoms with Gasteiger partial charge in [0.2, 0.25) is 0 Å². The lowest BCUT2D eigenvalue weighted by atomic mass is 10.2. The van der Waals surface area contributed by atoms with Crippen molar-refractivity contribution in [2.24, 2.45) is 0 Å². The molecule has 0 radical (unpaired) electrons. The van der Waals surface area contributed by atoms with Crippen molar-refractivity contribution in [3.8, 4) is 0 Å². The van der Waals surface area contributed by atoms with Gasteiger partial charge in [-0.3, -0.25) is 0 Å². The van der Waals surface area contributed by atoms with E-state index in [0.717, 1.165) is 6.08 Å². The Balaban J connectivity index is 0. The lowest BCUT2D eigenvalue weighted by molar-refractivity contribution is 0.564. The van der Waals surface area contributed by atoms with Crippen molar-refractivity contribution in [3.63, 3.8) is 0 Å². The molecule has 0 aromatic rings. The van der Waals surface area contributed by atoms with E-state index in [1.165, 1.54) is 13.0 Å². The van der Waals surface area contributed by atoms with Crippen molar-refractivity contribution < 1.29 is 8.78 Å². The molecule has 12 heavy (non-hydrogen) atoms. The predicted molar refractivity (Wildman–Crippen MR) is 50.2 cm³/mol. The highest BCUT2D eigenvalue weighted by atomic mass is 19.2. The fourth-order valence-corrected chi connectivity index (χ4v) is 0.405. The average molecular weight is 174 g/mol. The molecule has 0 rings (SSSR count).